The van der Waals surface area contributed by atoms with Crippen molar-refractivity contribution in [3.8, 4) is 23.0 Å². The number of hydrogen-bond acceptors (Lipinski definition) is 8. The van der Waals surface area contributed by atoms with Gasteiger partial charge in [0.2, 0.25) is 5.88 Å². The highest BCUT2D eigenvalue weighted by Gasteiger charge is 2.24. The highest BCUT2D eigenvalue weighted by molar-refractivity contribution is 9.10. The molecule has 0 aliphatic heterocycles. The Morgan fingerprint density at radius 1 is 0.917 bits per heavy atom. The molecule has 0 radical (unpaired) electrons. The van der Waals surface area contributed by atoms with Crippen LogP contribution in [0.4, 0.5) is 5.82 Å². The van der Waals surface area contributed by atoms with Crippen molar-refractivity contribution in [3.05, 3.63) is 51.9 Å². The van der Waals surface area contributed by atoms with Crippen LogP contribution in [0.3, 0.4) is 0 Å². The highest BCUT2D eigenvalue weighted by Crippen LogP contribution is 2.35. The Morgan fingerprint density at radius 3 is 2.22 bits per heavy atom. The summed E-state index contributed by atoms with van der Waals surface area (Å²) in [6.07, 6.45) is 8.08. The van der Waals surface area contributed by atoms with Crippen molar-refractivity contribution in [2.75, 3.05) is 17.9 Å². The normalized spacial score (nSPS) is 13.6. The lowest BCUT2D eigenvalue weighted by atomic mass is 10.1. The van der Waals surface area contributed by atoms with Crippen molar-refractivity contribution >= 4 is 47.9 Å². The molecule has 0 amide bonds. The van der Waals surface area contributed by atoms with Gasteiger partial charge in [-0.2, -0.15) is 13.1 Å². The molecule has 1 aliphatic rings. The summed E-state index contributed by atoms with van der Waals surface area (Å²) in [5, 5.41) is 0. The fourth-order valence-corrected chi connectivity index (χ4v) is 5.11. The van der Waals surface area contributed by atoms with E-state index in [1.807, 2.05) is 38.1 Å². The predicted molar refractivity (Wildman–Crippen MR) is 145 cm³/mol. The van der Waals surface area contributed by atoms with Gasteiger partial charge in [0.25, 0.3) is 0 Å². The van der Waals surface area contributed by atoms with Crippen molar-refractivity contribution in [1.82, 2.24) is 24.7 Å². The molecule has 194 valence electrons. The van der Waals surface area contributed by atoms with Gasteiger partial charge in [-0.05, 0) is 46.5 Å². The van der Waals surface area contributed by atoms with Crippen LogP contribution in [0.15, 0.2) is 51.9 Å². The molecule has 1 saturated carbocycles. The van der Waals surface area contributed by atoms with Crippen molar-refractivity contribution < 1.29 is 17.9 Å². The van der Waals surface area contributed by atoms with Gasteiger partial charge >= 0.3 is 16.2 Å². The number of benzene rings is 1. The van der Waals surface area contributed by atoms with Gasteiger partial charge in [-0.25, -0.2) is 19.9 Å². The third-order valence-corrected chi connectivity index (χ3v) is 7.05. The van der Waals surface area contributed by atoms with Gasteiger partial charge in [-0.1, -0.05) is 54.8 Å². The molecule has 0 unspecified atom stereocenters. The van der Waals surface area contributed by atoms with E-state index in [0.717, 1.165) is 34.6 Å². The SMILES string of the molecule is CC.O=S(=O)(Nc1ncnc(OCCOc2ncc(Br)cn2)c1-c1ccc(Br)cc1)NC1CCCC1. The summed E-state index contributed by atoms with van der Waals surface area (Å²) in [6, 6.07) is 7.47. The minimum atomic E-state index is -3.84. The monoisotopic (exact) mass is 642 g/mol. The summed E-state index contributed by atoms with van der Waals surface area (Å²) < 4.78 is 43.8. The maximum Gasteiger partial charge on any atom is 0.316 e. The van der Waals surface area contributed by atoms with Crippen LogP contribution in [0.1, 0.15) is 39.5 Å². The number of nitrogens with zero attached hydrogens (tertiary/aromatic N) is 4. The number of nitrogens with one attached hydrogen (secondary N) is 2. The van der Waals surface area contributed by atoms with Crippen LogP contribution in [0, 0.1) is 0 Å². The Labute approximate surface area is 228 Å². The van der Waals surface area contributed by atoms with Crippen LogP contribution < -0.4 is 18.9 Å². The lowest BCUT2D eigenvalue weighted by Crippen LogP contribution is -2.37. The van der Waals surface area contributed by atoms with E-state index in [4.69, 9.17) is 9.47 Å². The van der Waals surface area contributed by atoms with Crippen LogP contribution in [0.2, 0.25) is 0 Å². The van der Waals surface area contributed by atoms with E-state index < -0.39 is 10.2 Å². The molecule has 1 fully saturated rings. The largest absolute Gasteiger partial charge is 0.473 e. The zero-order chi connectivity index (χ0) is 26.0. The third-order valence-electron chi connectivity index (χ3n) is 5.00. The molecule has 1 aliphatic carbocycles. The first-order valence-corrected chi connectivity index (χ1v) is 14.6. The fourth-order valence-electron chi connectivity index (χ4n) is 3.50. The standard InChI is InChI=1S/C21H22Br2N6O4S.C2H6/c22-15-7-5-14(6-8-15)18-19(29-34(30,31)28-17-3-1-2-4-17)26-13-27-20(18)32-9-10-33-21-24-11-16(23)12-25-21;1-2/h5-8,11-13,17,28H,1-4,9-10H2,(H,26,27,29);1-2H3. The van der Waals surface area contributed by atoms with Gasteiger partial charge in [0.15, 0.2) is 5.82 Å². The van der Waals surface area contributed by atoms with Crippen LogP contribution in [0.25, 0.3) is 11.1 Å². The zero-order valence-electron chi connectivity index (χ0n) is 19.9. The maximum absolute atomic E-state index is 12.8. The van der Waals surface area contributed by atoms with Crippen LogP contribution in [-0.2, 0) is 10.2 Å². The average molecular weight is 644 g/mol. The van der Waals surface area contributed by atoms with E-state index in [-0.39, 0.29) is 37.0 Å². The first-order chi connectivity index (χ1) is 17.4. The smallest absolute Gasteiger partial charge is 0.316 e. The predicted octanol–water partition coefficient (Wildman–Crippen LogP) is 5.13. The van der Waals surface area contributed by atoms with Crippen molar-refractivity contribution in [1.29, 1.82) is 0 Å². The topological polar surface area (TPSA) is 128 Å². The van der Waals surface area contributed by atoms with Crippen LogP contribution in [0.5, 0.6) is 11.9 Å². The van der Waals surface area contributed by atoms with Gasteiger partial charge in [-0.3, -0.25) is 4.72 Å². The van der Waals surface area contributed by atoms with Crippen LogP contribution >= 0.6 is 31.9 Å². The molecule has 3 aromatic rings. The molecule has 10 nitrogen and oxygen atoms in total. The minimum Gasteiger partial charge on any atom is -0.473 e. The number of anilines is 1. The van der Waals surface area contributed by atoms with Gasteiger partial charge in [-0.15, -0.1) is 0 Å². The minimum absolute atomic E-state index is 0.0795. The van der Waals surface area contributed by atoms with Gasteiger partial charge in [0.05, 0.1) is 10.0 Å². The second-order valence-electron chi connectivity index (χ2n) is 7.49. The molecule has 0 saturated heterocycles. The van der Waals surface area contributed by atoms with E-state index in [9.17, 15) is 8.42 Å². The fraction of sp³-hybridized carbons (Fsp3) is 0.391. The Kier molecular flexibility index (Phi) is 10.8. The Bertz CT molecular complexity index is 1210. The molecule has 0 spiro atoms. The average Bonchev–Trinajstić information content (AvgIpc) is 3.37. The number of rotatable bonds is 10. The lowest BCUT2D eigenvalue weighted by Gasteiger charge is -2.17. The Balaban J connectivity index is 0.00000176. The summed E-state index contributed by atoms with van der Waals surface area (Å²) in [4.78, 5) is 16.5. The first-order valence-electron chi connectivity index (χ1n) is 11.5. The van der Waals surface area contributed by atoms with Gasteiger partial charge in [0.1, 0.15) is 19.5 Å². The highest BCUT2D eigenvalue weighted by atomic mass is 79.9. The maximum atomic E-state index is 12.8. The summed E-state index contributed by atoms with van der Waals surface area (Å²) in [7, 11) is -3.84. The third kappa shape index (κ3) is 8.36. The Morgan fingerprint density at radius 2 is 1.56 bits per heavy atom. The summed E-state index contributed by atoms with van der Waals surface area (Å²) in [5.41, 5.74) is 1.11. The van der Waals surface area contributed by atoms with E-state index in [2.05, 4.69) is 61.2 Å². The molecule has 2 aromatic heterocycles. The van der Waals surface area contributed by atoms with Crippen molar-refractivity contribution in [3.63, 3.8) is 0 Å². The number of aromatic nitrogens is 4. The zero-order valence-corrected chi connectivity index (χ0v) is 23.9. The summed E-state index contributed by atoms with van der Waals surface area (Å²) >= 11 is 6.68. The van der Waals surface area contributed by atoms with E-state index in [0.29, 0.717) is 11.1 Å². The molecule has 0 atom stereocenters. The second kappa shape index (κ2) is 13.8. The van der Waals surface area contributed by atoms with E-state index in [1.54, 1.807) is 12.4 Å². The number of ether oxygens (including phenoxy) is 2. The van der Waals surface area contributed by atoms with Crippen molar-refractivity contribution in [2.24, 2.45) is 0 Å². The van der Waals surface area contributed by atoms with Crippen molar-refractivity contribution in [2.45, 2.75) is 45.6 Å². The summed E-state index contributed by atoms with van der Waals surface area (Å²) in [6.45, 7) is 4.29. The molecular formula is C23H28Br2N6O4S. The molecule has 13 heteroatoms. The molecular weight excluding hydrogens is 616 g/mol. The molecule has 2 N–H and O–H groups in total. The Hall–Kier alpha value is -2.35. The van der Waals surface area contributed by atoms with Crippen LogP contribution in [-0.4, -0.2) is 47.6 Å². The molecule has 36 heavy (non-hydrogen) atoms. The first kappa shape index (κ1) is 28.2. The van der Waals surface area contributed by atoms with Gasteiger partial charge < -0.3 is 9.47 Å². The number of hydrogen-bond donors (Lipinski definition) is 2. The molecule has 4 rings (SSSR count). The van der Waals surface area contributed by atoms with Gasteiger partial charge in [0, 0.05) is 22.9 Å². The van der Waals surface area contributed by atoms with E-state index in [1.165, 1.54) is 6.33 Å². The summed E-state index contributed by atoms with van der Waals surface area (Å²) in [5.74, 6) is 0.339. The molecule has 1 aromatic carbocycles. The number of halogens is 2. The second-order valence-corrected chi connectivity index (χ2v) is 10.8. The lowest BCUT2D eigenvalue weighted by molar-refractivity contribution is 0.202. The quantitative estimate of drug-likeness (QED) is 0.291. The molecule has 2 heterocycles. The molecule has 0 bridgehead atoms. The van der Waals surface area contributed by atoms with E-state index >= 15 is 0 Å².